The van der Waals surface area contributed by atoms with Gasteiger partial charge in [0.15, 0.2) is 0 Å². The first-order chi connectivity index (χ1) is 8.87. The molecular weight excluding hydrogens is 263 g/mol. The molecule has 0 aliphatic rings. The normalized spacial score (nSPS) is 12.1. The lowest BCUT2D eigenvalue weighted by atomic mass is 10.0. The van der Waals surface area contributed by atoms with E-state index in [1.165, 1.54) is 0 Å². The Morgan fingerprint density at radius 1 is 1.16 bits per heavy atom. The molecule has 2 aromatic carbocycles. The molecule has 0 aromatic heterocycles. The molecule has 4 nitrogen and oxygen atoms in total. The Kier molecular flexibility index (Phi) is 3.95. The monoisotopic (exact) mass is 280 g/mol. The van der Waals surface area contributed by atoms with E-state index in [1.807, 2.05) is 44.2 Å². The van der Waals surface area contributed by atoms with Crippen molar-refractivity contribution in [1.29, 1.82) is 0 Å². The van der Waals surface area contributed by atoms with Crippen LogP contribution in [0.1, 0.15) is 19.4 Å². The highest BCUT2D eigenvalue weighted by atomic mass is 31.2. The maximum Gasteiger partial charge on any atom is 0.330 e. The van der Waals surface area contributed by atoms with Crippen LogP contribution in [0.3, 0.4) is 0 Å². The van der Waals surface area contributed by atoms with E-state index in [0.29, 0.717) is 11.3 Å². The van der Waals surface area contributed by atoms with Gasteiger partial charge in [-0.3, -0.25) is 4.57 Å². The number of fused-ring (bicyclic) bond motifs is 1. The van der Waals surface area contributed by atoms with Gasteiger partial charge < -0.3 is 14.5 Å². The van der Waals surface area contributed by atoms with Crippen LogP contribution in [0.2, 0.25) is 0 Å². The highest BCUT2D eigenvalue weighted by molar-refractivity contribution is 7.50. The van der Waals surface area contributed by atoms with Crippen molar-refractivity contribution >= 4 is 18.4 Å². The molecule has 0 atom stereocenters. The first kappa shape index (κ1) is 14.1. The molecule has 19 heavy (non-hydrogen) atoms. The zero-order valence-electron chi connectivity index (χ0n) is 10.9. The molecule has 0 fully saturated rings. The molecule has 0 amide bonds. The highest BCUT2D eigenvalue weighted by Crippen LogP contribution is 2.44. The fraction of sp³-hybridized carbons (Fsp3) is 0.286. The smallest absolute Gasteiger partial charge is 0.330 e. The van der Waals surface area contributed by atoms with E-state index in [1.54, 1.807) is 6.07 Å². The van der Waals surface area contributed by atoms with Crippen LogP contribution in [0.25, 0.3) is 10.8 Å². The predicted octanol–water partition coefficient (Wildman–Crippen LogP) is 3.30. The van der Waals surface area contributed by atoms with Gasteiger partial charge in [-0.1, -0.05) is 30.3 Å². The van der Waals surface area contributed by atoms with Gasteiger partial charge >= 0.3 is 7.60 Å². The number of hydrogen-bond acceptors (Lipinski definition) is 2. The van der Waals surface area contributed by atoms with Gasteiger partial charge in [0, 0.05) is 5.56 Å². The maximum atomic E-state index is 11.3. The van der Waals surface area contributed by atoms with Crippen LogP contribution in [0.5, 0.6) is 5.75 Å². The molecule has 0 spiro atoms. The van der Waals surface area contributed by atoms with Crippen molar-refractivity contribution in [3.8, 4) is 5.75 Å². The second-order valence-electron chi connectivity index (χ2n) is 4.75. The Hall–Kier alpha value is -1.35. The van der Waals surface area contributed by atoms with Crippen LogP contribution in [0.4, 0.5) is 0 Å². The lowest BCUT2D eigenvalue weighted by molar-refractivity contribution is 0.240. The molecule has 2 aromatic rings. The lowest BCUT2D eigenvalue weighted by Gasteiger charge is -2.17. The summed E-state index contributed by atoms with van der Waals surface area (Å²) in [6.07, 6.45) is -0.354. The van der Waals surface area contributed by atoms with Gasteiger partial charge in [-0.25, -0.2) is 0 Å². The second-order valence-corrected chi connectivity index (χ2v) is 6.40. The minimum atomic E-state index is -4.14. The maximum absolute atomic E-state index is 11.3. The molecule has 0 saturated carbocycles. The molecule has 102 valence electrons. The Labute approximate surface area is 112 Å². The Morgan fingerprint density at radius 3 is 2.47 bits per heavy atom. The molecule has 2 N–H and O–H groups in total. The zero-order chi connectivity index (χ0) is 14.0. The Morgan fingerprint density at radius 2 is 1.84 bits per heavy atom. The standard InChI is InChI=1S/C14H17O4P/c1-10(2)18-14-8-7-11-5-3-4-6-12(11)13(14)9-19(15,16)17/h3-8,10H,9H2,1-2H3,(H2,15,16,17). The van der Waals surface area contributed by atoms with Crippen molar-refractivity contribution in [2.45, 2.75) is 26.1 Å². The summed E-state index contributed by atoms with van der Waals surface area (Å²) in [5, 5.41) is 1.77. The zero-order valence-corrected chi connectivity index (χ0v) is 11.8. The third-order valence-corrected chi connectivity index (χ3v) is 3.45. The number of rotatable bonds is 4. The topological polar surface area (TPSA) is 66.8 Å². The molecule has 0 unspecified atom stereocenters. The Balaban J connectivity index is 2.61. The summed E-state index contributed by atoms with van der Waals surface area (Å²) >= 11 is 0. The molecule has 5 heteroatoms. The summed E-state index contributed by atoms with van der Waals surface area (Å²) in [4.78, 5) is 18.5. The van der Waals surface area contributed by atoms with Crippen molar-refractivity contribution in [3.63, 3.8) is 0 Å². The van der Waals surface area contributed by atoms with Gasteiger partial charge in [0.2, 0.25) is 0 Å². The third kappa shape index (κ3) is 3.57. The average molecular weight is 280 g/mol. The summed E-state index contributed by atoms with van der Waals surface area (Å²) < 4.78 is 17.0. The van der Waals surface area contributed by atoms with Gasteiger partial charge in [0.1, 0.15) is 5.75 Å². The molecular formula is C14H17O4P. The summed E-state index contributed by atoms with van der Waals surface area (Å²) in [6.45, 7) is 3.77. The number of benzene rings is 2. The second kappa shape index (κ2) is 5.33. The minimum absolute atomic E-state index is 0.0447. The van der Waals surface area contributed by atoms with E-state index in [9.17, 15) is 14.4 Å². The van der Waals surface area contributed by atoms with Crippen molar-refractivity contribution < 1.29 is 19.1 Å². The molecule has 0 saturated heterocycles. The highest BCUT2D eigenvalue weighted by Gasteiger charge is 2.20. The molecule has 0 radical (unpaired) electrons. The Bertz CT molecular complexity index is 630. The van der Waals surface area contributed by atoms with Gasteiger partial charge in [-0.15, -0.1) is 0 Å². The van der Waals surface area contributed by atoms with Crippen LogP contribution in [-0.2, 0) is 10.7 Å². The van der Waals surface area contributed by atoms with E-state index in [4.69, 9.17) is 4.74 Å². The van der Waals surface area contributed by atoms with E-state index in [0.717, 1.165) is 10.8 Å². The van der Waals surface area contributed by atoms with E-state index in [2.05, 4.69) is 0 Å². The number of hydrogen-bond donors (Lipinski definition) is 2. The van der Waals surface area contributed by atoms with Gasteiger partial charge in [0.25, 0.3) is 0 Å². The van der Waals surface area contributed by atoms with Gasteiger partial charge in [-0.05, 0) is 30.7 Å². The van der Waals surface area contributed by atoms with Crippen LogP contribution >= 0.6 is 7.60 Å². The molecule has 2 rings (SSSR count). The first-order valence-corrected chi connectivity index (χ1v) is 7.88. The van der Waals surface area contributed by atoms with Gasteiger partial charge in [-0.2, -0.15) is 0 Å². The van der Waals surface area contributed by atoms with Crippen molar-refractivity contribution in [2.75, 3.05) is 0 Å². The van der Waals surface area contributed by atoms with Crippen molar-refractivity contribution in [3.05, 3.63) is 42.0 Å². The largest absolute Gasteiger partial charge is 0.491 e. The lowest BCUT2D eigenvalue weighted by Crippen LogP contribution is -2.08. The quantitative estimate of drug-likeness (QED) is 0.843. The van der Waals surface area contributed by atoms with Gasteiger partial charge in [0.05, 0.1) is 12.3 Å². The number of ether oxygens (including phenoxy) is 1. The van der Waals surface area contributed by atoms with Crippen molar-refractivity contribution in [2.24, 2.45) is 0 Å². The molecule has 0 bridgehead atoms. The minimum Gasteiger partial charge on any atom is -0.491 e. The van der Waals surface area contributed by atoms with Crippen LogP contribution in [0, 0.1) is 0 Å². The third-order valence-electron chi connectivity index (χ3n) is 2.72. The summed E-state index contributed by atoms with van der Waals surface area (Å²) in [5.41, 5.74) is 0.570. The van der Waals surface area contributed by atoms with Crippen LogP contribution < -0.4 is 4.74 Å². The predicted molar refractivity (Wildman–Crippen MR) is 75.5 cm³/mol. The molecule has 0 aliphatic carbocycles. The van der Waals surface area contributed by atoms with Crippen molar-refractivity contribution in [1.82, 2.24) is 0 Å². The molecule has 0 heterocycles. The summed E-state index contributed by atoms with van der Waals surface area (Å²) in [6, 6.07) is 11.2. The SMILES string of the molecule is CC(C)Oc1ccc2ccccc2c1CP(=O)(O)O. The van der Waals surface area contributed by atoms with E-state index < -0.39 is 7.60 Å². The summed E-state index contributed by atoms with van der Waals surface area (Å²) in [7, 11) is -4.14. The fourth-order valence-corrected chi connectivity index (χ4v) is 2.79. The van der Waals surface area contributed by atoms with E-state index >= 15 is 0 Å². The van der Waals surface area contributed by atoms with Crippen LogP contribution in [-0.4, -0.2) is 15.9 Å². The average Bonchev–Trinajstić information content (AvgIpc) is 2.30. The summed E-state index contributed by atoms with van der Waals surface area (Å²) in [5.74, 6) is 0.539. The first-order valence-electron chi connectivity index (χ1n) is 6.08. The molecule has 0 aliphatic heterocycles. The fourth-order valence-electron chi connectivity index (χ4n) is 2.05. The van der Waals surface area contributed by atoms with Crippen LogP contribution in [0.15, 0.2) is 36.4 Å². The van der Waals surface area contributed by atoms with E-state index in [-0.39, 0.29) is 12.3 Å².